The van der Waals surface area contributed by atoms with Gasteiger partial charge in [-0.1, -0.05) is 13.0 Å². The third-order valence-electron chi connectivity index (χ3n) is 3.24. The zero-order valence-electron chi connectivity index (χ0n) is 13.8. The Hall–Kier alpha value is -0.500. The van der Waals surface area contributed by atoms with E-state index in [1.807, 2.05) is 24.8 Å². The average Bonchev–Trinajstić information content (AvgIpc) is 2.46. The lowest BCUT2D eigenvalue weighted by molar-refractivity contribution is 0.625. The van der Waals surface area contributed by atoms with Gasteiger partial charge in [-0.2, -0.15) is 11.8 Å². The van der Waals surface area contributed by atoms with E-state index in [-0.39, 0.29) is 29.8 Å². The van der Waals surface area contributed by atoms with Crippen LogP contribution >= 0.6 is 35.7 Å². The largest absolute Gasteiger partial charge is 0.357 e. The van der Waals surface area contributed by atoms with Gasteiger partial charge in [-0.15, -0.1) is 24.0 Å². The lowest BCUT2D eigenvalue weighted by Crippen LogP contribution is -2.38. The van der Waals surface area contributed by atoms with Gasteiger partial charge in [0.25, 0.3) is 0 Å². The van der Waals surface area contributed by atoms with Crippen LogP contribution in [0.4, 0.5) is 4.39 Å². The SMILES string of the molecule is CCNC(=NCC(C)SC)NCCc1ccc(F)cc1C.I. The summed E-state index contributed by atoms with van der Waals surface area (Å²) in [5, 5.41) is 7.08. The molecule has 6 heteroatoms. The third kappa shape index (κ3) is 8.22. The van der Waals surface area contributed by atoms with E-state index in [4.69, 9.17) is 0 Å². The number of guanidine groups is 1. The Morgan fingerprint density at radius 2 is 2.09 bits per heavy atom. The van der Waals surface area contributed by atoms with Crippen molar-refractivity contribution in [3.05, 3.63) is 35.1 Å². The first-order valence-corrected chi connectivity index (χ1v) is 8.65. The van der Waals surface area contributed by atoms with Crippen molar-refractivity contribution in [3.8, 4) is 0 Å². The van der Waals surface area contributed by atoms with Gasteiger partial charge in [-0.25, -0.2) is 4.39 Å². The summed E-state index contributed by atoms with van der Waals surface area (Å²) in [6.45, 7) is 8.59. The molecular weight excluding hydrogens is 412 g/mol. The van der Waals surface area contributed by atoms with E-state index in [2.05, 4.69) is 35.7 Å². The van der Waals surface area contributed by atoms with E-state index in [1.54, 1.807) is 6.07 Å². The summed E-state index contributed by atoms with van der Waals surface area (Å²) in [7, 11) is 0. The number of hydrogen-bond acceptors (Lipinski definition) is 2. The molecular formula is C16H27FIN3S. The second-order valence-corrected chi connectivity index (χ2v) is 6.29. The minimum absolute atomic E-state index is 0. The van der Waals surface area contributed by atoms with Crippen LogP contribution in [0.5, 0.6) is 0 Å². The fraction of sp³-hybridized carbons (Fsp3) is 0.562. The van der Waals surface area contributed by atoms with Crippen LogP contribution in [0.3, 0.4) is 0 Å². The summed E-state index contributed by atoms with van der Waals surface area (Å²) in [5.41, 5.74) is 2.16. The molecule has 22 heavy (non-hydrogen) atoms. The molecule has 1 rings (SSSR count). The van der Waals surface area contributed by atoms with Crippen LogP contribution in [-0.4, -0.2) is 37.1 Å². The standard InChI is InChI=1S/C16H26FN3S.HI/c1-5-18-16(20-11-13(3)21-4)19-9-8-14-6-7-15(17)10-12(14)2;/h6-7,10,13H,5,8-9,11H2,1-4H3,(H2,18,19,20);1H. The van der Waals surface area contributed by atoms with Crippen LogP contribution in [0, 0.1) is 12.7 Å². The van der Waals surface area contributed by atoms with Crippen LogP contribution in [0.2, 0.25) is 0 Å². The van der Waals surface area contributed by atoms with E-state index in [9.17, 15) is 4.39 Å². The maximum atomic E-state index is 13.1. The number of benzene rings is 1. The molecule has 0 amide bonds. The second-order valence-electron chi connectivity index (χ2n) is 5.01. The van der Waals surface area contributed by atoms with Crippen LogP contribution in [0.25, 0.3) is 0 Å². The molecule has 0 spiro atoms. The molecule has 1 aromatic carbocycles. The Morgan fingerprint density at radius 1 is 1.36 bits per heavy atom. The van der Waals surface area contributed by atoms with Gasteiger partial charge >= 0.3 is 0 Å². The molecule has 1 unspecified atom stereocenters. The number of rotatable bonds is 7. The highest BCUT2D eigenvalue weighted by Gasteiger charge is 2.03. The van der Waals surface area contributed by atoms with Crippen molar-refractivity contribution >= 4 is 41.7 Å². The van der Waals surface area contributed by atoms with Gasteiger partial charge < -0.3 is 10.6 Å². The molecule has 0 aliphatic rings. The molecule has 0 aromatic heterocycles. The van der Waals surface area contributed by atoms with Crippen LogP contribution in [0.15, 0.2) is 23.2 Å². The predicted octanol–water partition coefficient (Wildman–Crippen LogP) is 3.60. The van der Waals surface area contributed by atoms with Crippen molar-refractivity contribution in [2.24, 2.45) is 4.99 Å². The average molecular weight is 439 g/mol. The van der Waals surface area contributed by atoms with E-state index < -0.39 is 0 Å². The fourth-order valence-corrected chi connectivity index (χ4v) is 2.12. The number of nitrogens with one attached hydrogen (secondary N) is 2. The van der Waals surface area contributed by atoms with Crippen LogP contribution in [-0.2, 0) is 6.42 Å². The van der Waals surface area contributed by atoms with Crippen molar-refractivity contribution in [3.63, 3.8) is 0 Å². The number of thioether (sulfide) groups is 1. The second kappa shape index (κ2) is 12.0. The number of hydrogen-bond donors (Lipinski definition) is 2. The van der Waals surface area contributed by atoms with Crippen molar-refractivity contribution in [2.45, 2.75) is 32.4 Å². The minimum atomic E-state index is -0.176. The number of nitrogens with zero attached hydrogens (tertiary/aromatic N) is 1. The van der Waals surface area contributed by atoms with Crippen LogP contribution < -0.4 is 10.6 Å². The highest BCUT2D eigenvalue weighted by Crippen LogP contribution is 2.10. The maximum Gasteiger partial charge on any atom is 0.191 e. The quantitative estimate of drug-likeness (QED) is 0.387. The predicted molar refractivity (Wildman–Crippen MR) is 107 cm³/mol. The van der Waals surface area contributed by atoms with E-state index in [0.717, 1.165) is 43.1 Å². The zero-order chi connectivity index (χ0) is 15.7. The van der Waals surface area contributed by atoms with Gasteiger partial charge in [0.15, 0.2) is 5.96 Å². The monoisotopic (exact) mass is 439 g/mol. The van der Waals surface area contributed by atoms with Crippen LogP contribution in [0.1, 0.15) is 25.0 Å². The lowest BCUT2D eigenvalue weighted by atomic mass is 10.1. The van der Waals surface area contributed by atoms with Gasteiger partial charge in [0.2, 0.25) is 0 Å². The van der Waals surface area contributed by atoms with Gasteiger partial charge in [-0.3, -0.25) is 4.99 Å². The van der Waals surface area contributed by atoms with Gasteiger partial charge in [0.05, 0.1) is 6.54 Å². The zero-order valence-corrected chi connectivity index (χ0v) is 16.9. The highest BCUT2D eigenvalue weighted by atomic mass is 127. The maximum absolute atomic E-state index is 13.1. The molecule has 0 fully saturated rings. The molecule has 3 nitrogen and oxygen atoms in total. The molecule has 0 saturated carbocycles. The van der Waals surface area contributed by atoms with E-state index in [0.29, 0.717) is 5.25 Å². The number of aliphatic imine (C=N–C) groups is 1. The Balaban J connectivity index is 0.00000441. The smallest absolute Gasteiger partial charge is 0.191 e. The Bertz CT molecular complexity index is 469. The summed E-state index contributed by atoms with van der Waals surface area (Å²) >= 11 is 1.81. The minimum Gasteiger partial charge on any atom is -0.357 e. The lowest BCUT2D eigenvalue weighted by Gasteiger charge is -2.13. The molecule has 2 N–H and O–H groups in total. The van der Waals surface area contributed by atoms with Gasteiger partial charge in [-0.05, 0) is 49.8 Å². The molecule has 126 valence electrons. The van der Waals surface area contributed by atoms with Crippen molar-refractivity contribution in [1.82, 2.24) is 10.6 Å². The summed E-state index contributed by atoms with van der Waals surface area (Å²) in [5.74, 6) is 0.670. The molecule has 0 radical (unpaired) electrons. The van der Waals surface area contributed by atoms with Crippen molar-refractivity contribution in [2.75, 3.05) is 25.9 Å². The molecule has 1 aromatic rings. The first-order valence-electron chi connectivity index (χ1n) is 7.36. The fourth-order valence-electron chi connectivity index (χ4n) is 1.89. The summed E-state index contributed by atoms with van der Waals surface area (Å²) in [4.78, 5) is 4.57. The first kappa shape index (κ1) is 21.5. The van der Waals surface area contributed by atoms with Gasteiger partial charge in [0, 0.05) is 18.3 Å². The third-order valence-corrected chi connectivity index (χ3v) is 4.20. The molecule has 0 heterocycles. The number of halogens is 2. The normalized spacial score (nSPS) is 12.5. The first-order chi connectivity index (χ1) is 10.1. The summed E-state index contributed by atoms with van der Waals surface area (Å²) in [6.07, 6.45) is 2.95. The molecule has 0 saturated heterocycles. The highest BCUT2D eigenvalue weighted by molar-refractivity contribution is 14.0. The summed E-state index contributed by atoms with van der Waals surface area (Å²) in [6, 6.07) is 4.95. The number of aryl methyl sites for hydroxylation is 1. The van der Waals surface area contributed by atoms with E-state index >= 15 is 0 Å². The Morgan fingerprint density at radius 3 is 2.68 bits per heavy atom. The topological polar surface area (TPSA) is 36.4 Å². The van der Waals surface area contributed by atoms with Crippen molar-refractivity contribution < 1.29 is 4.39 Å². The van der Waals surface area contributed by atoms with E-state index in [1.165, 1.54) is 6.07 Å². The van der Waals surface area contributed by atoms with Crippen molar-refractivity contribution in [1.29, 1.82) is 0 Å². The molecule has 1 atom stereocenters. The molecule has 0 aliphatic carbocycles. The Labute approximate surface area is 155 Å². The Kier molecular flexibility index (Phi) is 11.7. The molecule has 0 aliphatic heterocycles. The molecule has 0 bridgehead atoms. The van der Waals surface area contributed by atoms with Gasteiger partial charge in [0.1, 0.15) is 5.82 Å². The summed E-state index contributed by atoms with van der Waals surface area (Å²) < 4.78 is 13.1.